The fourth-order valence-corrected chi connectivity index (χ4v) is 2.22. The van der Waals surface area contributed by atoms with Crippen LogP contribution in [0.5, 0.6) is 11.5 Å². The summed E-state index contributed by atoms with van der Waals surface area (Å²) in [7, 11) is -0.0193. The summed E-state index contributed by atoms with van der Waals surface area (Å²) >= 11 is 0. The molecule has 0 amide bonds. The van der Waals surface area contributed by atoms with Crippen molar-refractivity contribution in [2.24, 2.45) is 0 Å². The van der Waals surface area contributed by atoms with Crippen molar-refractivity contribution >= 4 is 9.03 Å². The second-order valence-electron chi connectivity index (χ2n) is 5.07. The summed E-state index contributed by atoms with van der Waals surface area (Å²) in [5.74, 6) is 1.67. The molecule has 0 aromatic heterocycles. The molecule has 0 unspecified atom stereocenters. The van der Waals surface area contributed by atoms with Crippen LogP contribution in [0.1, 0.15) is 11.1 Å². The minimum atomic E-state index is -0.0193. The average Bonchev–Trinajstić information content (AvgIpc) is 2.61. The predicted octanol–water partition coefficient (Wildman–Crippen LogP) is 5.96. The number of aryl methyl sites for hydroxylation is 2. The molecular formula is C20H21O2P. The quantitative estimate of drug-likeness (QED) is 0.552. The van der Waals surface area contributed by atoms with Gasteiger partial charge in [-0.15, -0.1) is 0 Å². The van der Waals surface area contributed by atoms with Gasteiger partial charge in [0.15, 0.2) is 0 Å². The van der Waals surface area contributed by atoms with Crippen molar-refractivity contribution in [3.63, 3.8) is 0 Å². The van der Waals surface area contributed by atoms with Gasteiger partial charge in [0, 0.05) is 0 Å². The van der Waals surface area contributed by atoms with Gasteiger partial charge in [-0.25, -0.2) is 0 Å². The van der Waals surface area contributed by atoms with E-state index in [2.05, 4.69) is 13.8 Å². The van der Waals surface area contributed by atoms with Gasteiger partial charge in [-0.3, -0.25) is 0 Å². The number of hydrogen-bond acceptors (Lipinski definition) is 2. The van der Waals surface area contributed by atoms with Crippen molar-refractivity contribution in [2.75, 3.05) is 0 Å². The Hall–Kier alpha value is -2.31. The fourth-order valence-electron chi connectivity index (χ4n) is 1.71. The molecule has 3 heteroatoms. The lowest BCUT2D eigenvalue weighted by molar-refractivity contribution is 0.515. The summed E-state index contributed by atoms with van der Waals surface area (Å²) in [6.45, 7) is 4.10. The first-order valence-corrected chi connectivity index (χ1v) is 8.28. The van der Waals surface area contributed by atoms with Crippen LogP contribution in [0, 0.1) is 13.8 Å². The van der Waals surface area contributed by atoms with Crippen LogP contribution in [0.25, 0.3) is 0 Å². The van der Waals surface area contributed by atoms with E-state index in [-0.39, 0.29) is 9.03 Å². The molecule has 0 aliphatic rings. The van der Waals surface area contributed by atoms with Gasteiger partial charge in [0.1, 0.15) is 11.5 Å². The van der Waals surface area contributed by atoms with Gasteiger partial charge in [-0.05, 0) is 38.1 Å². The largest absolute Gasteiger partial charge is 0.441 e. The highest BCUT2D eigenvalue weighted by Gasteiger charge is 1.96. The normalized spacial score (nSPS) is 9.48. The molecular weight excluding hydrogens is 303 g/mol. The van der Waals surface area contributed by atoms with E-state index in [0.717, 1.165) is 11.5 Å². The molecule has 2 nitrogen and oxygen atoms in total. The Morgan fingerprint density at radius 1 is 0.522 bits per heavy atom. The maximum atomic E-state index is 5.50. The molecule has 0 saturated carbocycles. The topological polar surface area (TPSA) is 18.5 Å². The Morgan fingerprint density at radius 2 is 0.826 bits per heavy atom. The maximum Gasteiger partial charge on any atom is 0.275 e. The van der Waals surface area contributed by atoms with Crippen LogP contribution >= 0.6 is 9.03 Å². The average molecular weight is 324 g/mol. The maximum absolute atomic E-state index is 5.50. The SMILES string of the molecule is Cc1ccc(OPOc2ccc(C)cc2)cc1.c1ccccc1. The van der Waals surface area contributed by atoms with Crippen molar-refractivity contribution in [3.8, 4) is 11.5 Å². The van der Waals surface area contributed by atoms with Crippen LogP contribution in [0.15, 0.2) is 84.9 Å². The van der Waals surface area contributed by atoms with E-state index in [1.165, 1.54) is 11.1 Å². The minimum absolute atomic E-state index is 0.0193. The third-order valence-corrected chi connectivity index (χ3v) is 3.67. The molecule has 0 N–H and O–H groups in total. The zero-order valence-electron chi connectivity index (χ0n) is 13.4. The lowest BCUT2D eigenvalue weighted by Crippen LogP contribution is -1.85. The van der Waals surface area contributed by atoms with E-state index in [0.29, 0.717) is 0 Å². The van der Waals surface area contributed by atoms with E-state index in [1.807, 2.05) is 84.9 Å². The van der Waals surface area contributed by atoms with Crippen molar-refractivity contribution in [1.82, 2.24) is 0 Å². The summed E-state index contributed by atoms with van der Waals surface area (Å²) in [5.41, 5.74) is 2.44. The lowest BCUT2D eigenvalue weighted by atomic mass is 10.2. The van der Waals surface area contributed by atoms with Crippen LogP contribution in [0.3, 0.4) is 0 Å². The highest BCUT2D eigenvalue weighted by molar-refractivity contribution is 7.27. The number of rotatable bonds is 4. The molecule has 0 bridgehead atoms. The molecule has 0 saturated heterocycles. The summed E-state index contributed by atoms with van der Waals surface area (Å²) in [6, 6.07) is 27.9. The van der Waals surface area contributed by atoms with E-state index in [4.69, 9.17) is 9.05 Å². The minimum Gasteiger partial charge on any atom is -0.441 e. The zero-order chi connectivity index (χ0) is 16.3. The molecule has 0 fully saturated rings. The summed E-state index contributed by atoms with van der Waals surface area (Å²) in [4.78, 5) is 0. The zero-order valence-corrected chi connectivity index (χ0v) is 14.4. The molecule has 3 rings (SSSR count). The molecule has 118 valence electrons. The molecule has 23 heavy (non-hydrogen) atoms. The van der Waals surface area contributed by atoms with E-state index in [9.17, 15) is 0 Å². The Kier molecular flexibility index (Phi) is 7.16. The van der Waals surface area contributed by atoms with E-state index < -0.39 is 0 Å². The fraction of sp³-hybridized carbons (Fsp3) is 0.100. The van der Waals surface area contributed by atoms with Crippen LogP contribution in [-0.2, 0) is 0 Å². The standard InChI is InChI=1S/C14H15O2P.C6H6/c1-11-3-7-13(8-4-11)15-17-16-14-9-5-12(2)6-10-14;1-2-4-6-5-3-1/h3-10,17H,1-2H3;1-6H. The van der Waals surface area contributed by atoms with Gasteiger partial charge in [0.2, 0.25) is 0 Å². The highest BCUT2D eigenvalue weighted by atomic mass is 31.1. The number of hydrogen-bond donors (Lipinski definition) is 0. The third kappa shape index (κ3) is 6.99. The predicted molar refractivity (Wildman–Crippen MR) is 98.4 cm³/mol. The molecule has 0 atom stereocenters. The molecule has 3 aromatic carbocycles. The van der Waals surface area contributed by atoms with Crippen LogP contribution in [0.2, 0.25) is 0 Å². The van der Waals surface area contributed by atoms with Crippen LogP contribution in [0.4, 0.5) is 0 Å². The summed E-state index contributed by atoms with van der Waals surface area (Å²) in [5, 5.41) is 0. The van der Waals surface area contributed by atoms with Crippen molar-refractivity contribution < 1.29 is 9.05 Å². The molecule has 0 spiro atoms. The summed E-state index contributed by atoms with van der Waals surface area (Å²) < 4.78 is 11.0. The Bertz CT molecular complexity index is 592. The van der Waals surface area contributed by atoms with Gasteiger partial charge in [-0.2, -0.15) is 0 Å². The van der Waals surface area contributed by atoms with Crippen molar-refractivity contribution in [1.29, 1.82) is 0 Å². The Morgan fingerprint density at radius 3 is 1.13 bits per heavy atom. The molecule has 0 heterocycles. The van der Waals surface area contributed by atoms with Gasteiger partial charge in [-0.1, -0.05) is 71.8 Å². The second-order valence-corrected chi connectivity index (χ2v) is 5.64. The van der Waals surface area contributed by atoms with Gasteiger partial charge < -0.3 is 9.05 Å². The number of benzene rings is 3. The molecule has 0 aliphatic heterocycles. The van der Waals surface area contributed by atoms with Gasteiger partial charge >= 0.3 is 0 Å². The van der Waals surface area contributed by atoms with Crippen LogP contribution < -0.4 is 9.05 Å². The van der Waals surface area contributed by atoms with Crippen molar-refractivity contribution in [3.05, 3.63) is 96.1 Å². The monoisotopic (exact) mass is 324 g/mol. The van der Waals surface area contributed by atoms with Crippen LogP contribution in [-0.4, -0.2) is 0 Å². The highest BCUT2D eigenvalue weighted by Crippen LogP contribution is 2.25. The Labute approximate surface area is 140 Å². The third-order valence-electron chi connectivity index (χ3n) is 3.03. The lowest BCUT2D eigenvalue weighted by Gasteiger charge is -2.07. The first kappa shape index (κ1) is 17.1. The first-order valence-electron chi connectivity index (χ1n) is 7.46. The van der Waals surface area contributed by atoms with Crippen molar-refractivity contribution in [2.45, 2.75) is 13.8 Å². The smallest absolute Gasteiger partial charge is 0.275 e. The van der Waals surface area contributed by atoms with E-state index in [1.54, 1.807) is 0 Å². The molecule has 0 aliphatic carbocycles. The van der Waals surface area contributed by atoms with Gasteiger partial charge in [0.05, 0.1) is 0 Å². The second kappa shape index (κ2) is 9.66. The molecule has 3 aromatic rings. The van der Waals surface area contributed by atoms with E-state index >= 15 is 0 Å². The first-order chi connectivity index (χ1) is 11.2. The Balaban J connectivity index is 0.000000268. The van der Waals surface area contributed by atoms with Gasteiger partial charge in [0.25, 0.3) is 9.03 Å². The summed E-state index contributed by atoms with van der Waals surface area (Å²) in [6.07, 6.45) is 0. The molecule has 0 radical (unpaired) electrons.